The zero-order valence-corrected chi connectivity index (χ0v) is 11.9. The van der Waals surface area contributed by atoms with Gasteiger partial charge < -0.3 is 9.52 Å². The number of carboxylic acid groups (broad SMARTS) is 1. The molecule has 0 spiro atoms. The minimum atomic E-state index is -3.55. The zero-order valence-electron chi connectivity index (χ0n) is 11.1. The fourth-order valence-electron chi connectivity index (χ4n) is 1.75. The zero-order chi connectivity index (χ0) is 14.9. The first-order valence-corrected chi connectivity index (χ1v) is 7.57. The molecule has 2 aromatic rings. The number of sulfone groups is 1. The van der Waals surface area contributed by atoms with Gasteiger partial charge in [-0.15, -0.1) is 0 Å². The quantitative estimate of drug-likeness (QED) is 0.936. The lowest BCUT2D eigenvalue weighted by Gasteiger charge is -2.05. The van der Waals surface area contributed by atoms with Crippen molar-refractivity contribution in [1.29, 1.82) is 0 Å². The Morgan fingerprint density at radius 1 is 1.15 bits per heavy atom. The number of aryl methyl sites for hydroxylation is 2. The highest BCUT2D eigenvalue weighted by molar-refractivity contribution is 7.90. The van der Waals surface area contributed by atoms with E-state index in [2.05, 4.69) is 0 Å². The van der Waals surface area contributed by atoms with E-state index >= 15 is 0 Å². The predicted octanol–water partition coefficient (Wildman–Crippen LogP) is 2.57. The smallest absolute Gasteiger partial charge is 0.371 e. The molecule has 1 aromatic heterocycles. The summed E-state index contributed by atoms with van der Waals surface area (Å²) in [7, 11) is -3.55. The maximum Gasteiger partial charge on any atom is 0.371 e. The SMILES string of the molecule is Cc1ccc(S(=O)(=O)Cc2ccc(C(=O)O)o2)cc1C. The van der Waals surface area contributed by atoms with E-state index in [0.717, 1.165) is 11.1 Å². The molecule has 20 heavy (non-hydrogen) atoms. The number of aromatic carboxylic acids is 1. The van der Waals surface area contributed by atoms with E-state index in [4.69, 9.17) is 9.52 Å². The number of carbonyl (C=O) groups is 1. The van der Waals surface area contributed by atoms with E-state index < -0.39 is 15.8 Å². The van der Waals surface area contributed by atoms with Gasteiger partial charge in [-0.25, -0.2) is 13.2 Å². The van der Waals surface area contributed by atoms with Crippen molar-refractivity contribution < 1.29 is 22.7 Å². The third-order valence-electron chi connectivity index (χ3n) is 3.04. The van der Waals surface area contributed by atoms with Gasteiger partial charge in [-0.05, 0) is 49.2 Å². The molecular weight excluding hydrogens is 280 g/mol. The maximum absolute atomic E-state index is 12.2. The first kappa shape index (κ1) is 14.3. The van der Waals surface area contributed by atoms with E-state index in [0.29, 0.717) is 0 Å². The van der Waals surface area contributed by atoms with Crippen molar-refractivity contribution >= 4 is 15.8 Å². The van der Waals surface area contributed by atoms with Gasteiger partial charge in [0, 0.05) is 0 Å². The van der Waals surface area contributed by atoms with Crippen LogP contribution in [0.2, 0.25) is 0 Å². The average molecular weight is 294 g/mol. The average Bonchev–Trinajstić information content (AvgIpc) is 2.80. The first-order chi connectivity index (χ1) is 9.29. The normalized spacial score (nSPS) is 11.5. The summed E-state index contributed by atoms with van der Waals surface area (Å²) in [5.74, 6) is -1.74. The lowest BCUT2D eigenvalue weighted by molar-refractivity contribution is 0.0660. The van der Waals surface area contributed by atoms with Crippen molar-refractivity contribution in [2.75, 3.05) is 0 Å². The van der Waals surface area contributed by atoms with Crippen LogP contribution in [0.1, 0.15) is 27.4 Å². The molecule has 0 atom stereocenters. The Labute approximate surface area is 116 Å². The van der Waals surface area contributed by atoms with Gasteiger partial charge in [0.05, 0.1) is 4.90 Å². The van der Waals surface area contributed by atoms with Crippen LogP contribution < -0.4 is 0 Å². The topological polar surface area (TPSA) is 84.6 Å². The van der Waals surface area contributed by atoms with Crippen LogP contribution in [-0.4, -0.2) is 19.5 Å². The van der Waals surface area contributed by atoms with Gasteiger partial charge >= 0.3 is 5.97 Å². The fraction of sp³-hybridized carbons (Fsp3) is 0.214. The molecule has 1 aromatic carbocycles. The largest absolute Gasteiger partial charge is 0.475 e. The molecule has 0 radical (unpaired) electrons. The molecule has 106 valence electrons. The number of benzene rings is 1. The van der Waals surface area contributed by atoms with Crippen molar-refractivity contribution in [3.63, 3.8) is 0 Å². The molecule has 0 bridgehead atoms. The number of furan rings is 1. The summed E-state index contributed by atoms with van der Waals surface area (Å²) in [6.07, 6.45) is 0. The van der Waals surface area contributed by atoms with Gasteiger partial charge in [0.15, 0.2) is 9.84 Å². The van der Waals surface area contributed by atoms with Crippen molar-refractivity contribution in [1.82, 2.24) is 0 Å². The lowest BCUT2D eigenvalue weighted by atomic mass is 10.1. The molecule has 0 unspecified atom stereocenters. The van der Waals surface area contributed by atoms with Gasteiger partial charge in [-0.1, -0.05) is 6.07 Å². The van der Waals surface area contributed by atoms with Crippen LogP contribution in [-0.2, 0) is 15.6 Å². The van der Waals surface area contributed by atoms with Crippen molar-refractivity contribution in [3.05, 3.63) is 53.0 Å². The summed E-state index contributed by atoms with van der Waals surface area (Å²) in [4.78, 5) is 10.9. The van der Waals surface area contributed by atoms with E-state index in [1.165, 1.54) is 12.1 Å². The van der Waals surface area contributed by atoms with E-state index in [1.807, 2.05) is 13.8 Å². The van der Waals surface area contributed by atoms with E-state index in [9.17, 15) is 13.2 Å². The van der Waals surface area contributed by atoms with Crippen LogP contribution in [0.25, 0.3) is 0 Å². The van der Waals surface area contributed by atoms with Gasteiger partial charge in [-0.3, -0.25) is 0 Å². The Bertz CT molecular complexity index is 756. The number of hydrogen-bond acceptors (Lipinski definition) is 4. The molecule has 2 rings (SSSR count). The number of carboxylic acids is 1. The second kappa shape index (κ2) is 5.13. The predicted molar refractivity (Wildman–Crippen MR) is 72.5 cm³/mol. The van der Waals surface area contributed by atoms with Crippen molar-refractivity contribution in [2.45, 2.75) is 24.5 Å². The Morgan fingerprint density at radius 2 is 1.85 bits per heavy atom. The van der Waals surface area contributed by atoms with Gasteiger partial charge in [0.2, 0.25) is 5.76 Å². The Hall–Kier alpha value is -2.08. The molecule has 0 saturated heterocycles. The molecule has 0 aliphatic rings. The number of rotatable bonds is 4. The second-order valence-corrected chi connectivity index (χ2v) is 6.57. The van der Waals surface area contributed by atoms with Crippen LogP contribution in [0, 0.1) is 13.8 Å². The Balaban J connectivity index is 2.30. The summed E-state index contributed by atoms with van der Waals surface area (Å²) in [6, 6.07) is 7.49. The lowest BCUT2D eigenvalue weighted by Crippen LogP contribution is -2.05. The molecule has 0 fully saturated rings. The molecule has 0 aliphatic heterocycles. The molecule has 0 aliphatic carbocycles. The summed E-state index contributed by atoms with van der Waals surface area (Å²) in [6.45, 7) is 3.74. The summed E-state index contributed by atoms with van der Waals surface area (Å²) in [5, 5.41) is 8.74. The molecular formula is C14H14O5S. The van der Waals surface area contributed by atoms with Crippen molar-refractivity contribution in [3.8, 4) is 0 Å². The van der Waals surface area contributed by atoms with Gasteiger partial charge in [-0.2, -0.15) is 0 Å². The number of hydrogen-bond donors (Lipinski definition) is 1. The maximum atomic E-state index is 12.2. The molecule has 6 heteroatoms. The second-order valence-electron chi connectivity index (χ2n) is 4.58. The monoisotopic (exact) mass is 294 g/mol. The highest BCUT2D eigenvalue weighted by Crippen LogP contribution is 2.20. The van der Waals surface area contributed by atoms with Crippen LogP contribution in [0.3, 0.4) is 0 Å². The minimum absolute atomic E-state index is 0.112. The summed E-state index contributed by atoms with van der Waals surface area (Å²) < 4.78 is 29.5. The molecule has 1 N–H and O–H groups in total. The summed E-state index contributed by atoms with van der Waals surface area (Å²) >= 11 is 0. The highest BCUT2D eigenvalue weighted by Gasteiger charge is 2.19. The summed E-state index contributed by atoms with van der Waals surface area (Å²) in [5.41, 5.74) is 1.90. The third kappa shape index (κ3) is 2.91. The minimum Gasteiger partial charge on any atom is -0.475 e. The van der Waals surface area contributed by atoms with Gasteiger partial charge in [0.1, 0.15) is 11.5 Å². The van der Waals surface area contributed by atoms with Crippen molar-refractivity contribution in [2.24, 2.45) is 0 Å². The fourth-order valence-corrected chi connectivity index (χ4v) is 3.08. The molecule has 5 nitrogen and oxygen atoms in total. The first-order valence-electron chi connectivity index (χ1n) is 5.91. The molecule has 0 saturated carbocycles. The Kier molecular flexibility index (Phi) is 3.67. The Morgan fingerprint density at radius 3 is 2.40 bits per heavy atom. The van der Waals surface area contributed by atoms with Crippen LogP contribution >= 0.6 is 0 Å². The van der Waals surface area contributed by atoms with Crippen LogP contribution in [0.4, 0.5) is 0 Å². The van der Waals surface area contributed by atoms with Crippen LogP contribution in [0.15, 0.2) is 39.6 Å². The third-order valence-corrected chi connectivity index (χ3v) is 4.68. The van der Waals surface area contributed by atoms with E-state index in [-0.39, 0.29) is 22.2 Å². The van der Waals surface area contributed by atoms with Crippen LogP contribution in [0.5, 0.6) is 0 Å². The molecule has 1 heterocycles. The van der Waals surface area contributed by atoms with Gasteiger partial charge in [0.25, 0.3) is 0 Å². The standard InChI is InChI=1S/C14H14O5S/c1-9-3-5-12(7-10(9)2)20(17,18)8-11-4-6-13(19-11)14(15)16/h3-7H,8H2,1-2H3,(H,15,16). The highest BCUT2D eigenvalue weighted by atomic mass is 32.2. The van der Waals surface area contributed by atoms with E-state index in [1.54, 1.807) is 18.2 Å². The molecule has 0 amide bonds.